The molecule has 2 aromatic rings. The number of nitrogens with zero attached hydrogens (tertiary/aromatic N) is 1. The summed E-state index contributed by atoms with van der Waals surface area (Å²) < 4.78 is 19.5. The maximum absolute atomic E-state index is 14.1. The van der Waals surface area contributed by atoms with Gasteiger partial charge >= 0.3 is 5.97 Å². The Morgan fingerprint density at radius 3 is 2.60 bits per heavy atom. The molecule has 0 spiro atoms. The molecule has 130 valence electrons. The van der Waals surface area contributed by atoms with Crippen LogP contribution in [0.3, 0.4) is 0 Å². The molecule has 8 heteroatoms. The van der Waals surface area contributed by atoms with Crippen LogP contribution in [-0.2, 0) is 16.1 Å². The van der Waals surface area contributed by atoms with Crippen LogP contribution >= 0.6 is 23.2 Å². The first-order valence-corrected chi connectivity index (χ1v) is 8.01. The van der Waals surface area contributed by atoms with E-state index >= 15 is 0 Å². The lowest BCUT2D eigenvalue weighted by molar-refractivity contribution is -0.151. The molecule has 0 saturated heterocycles. The quantitative estimate of drug-likeness (QED) is 0.877. The molecule has 1 aliphatic rings. The number of benzene rings is 2. The Bertz CT molecular complexity index is 859. The van der Waals surface area contributed by atoms with Crippen molar-refractivity contribution in [3.8, 4) is 5.75 Å². The second kappa shape index (κ2) is 6.90. The van der Waals surface area contributed by atoms with Gasteiger partial charge in [-0.3, -0.25) is 4.79 Å². The summed E-state index contributed by atoms with van der Waals surface area (Å²) in [6.45, 7) is -0.595. The minimum Gasteiger partial charge on any atom is -0.483 e. The number of carbonyl (C=O) groups is 2. The molecule has 1 unspecified atom stereocenters. The van der Waals surface area contributed by atoms with Gasteiger partial charge in [0, 0.05) is 27.7 Å². The first-order valence-electron chi connectivity index (χ1n) is 7.25. The average molecular weight is 384 g/mol. The molecule has 25 heavy (non-hydrogen) atoms. The summed E-state index contributed by atoms with van der Waals surface area (Å²) in [4.78, 5) is 25.3. The molecule has 0 aliphatic carbocycles. The summed E-state index contributed by atoms with van der Waals surface area (Å²) in [5.41, 5.74) is 0.384. The van der Waals surface area contributed by atoms with Crippen molar-refractivity contribution < 1.29 is 23.8 Å². The van der Waals surface area contributed by atoms with E-state index in [-0.39, 0.29) is 35.1 Å². The van der Waals surface area contributed by atoms with Crippen molar-refractivity contribution in [3.05, 3.63) is 63.4 Å². The van der Waals surface area contributed by atoms with Gasteiger partial charge in [-0.1, -0.05) is 29.3 Å². The first-order chi connectivity index (χ1) is 11.9. The third-order valence-corrected chi connectivity index (χ3v) is 4.31. The number of carboxylic acid groups (broad SMARTS) is 1. The molecule has 0 bridgehead atoms. The Kier molecular flexibility index (Phi) is 4.83. The lowest BCUT2D eigenvalue weighted by Gasteiger charge is -2.27. The van der Waals surface area contributed by atoms with Crippen molar-refractivity contribution in [2.45, 2.75) is 12.6 Å². The summed E-state index contributed by atoms with van der Waals surface area (Å²) in [6, 6.07) is 7.12. The number of carboxylic acids is 1. The molecule has 0 radical (unpaired) electrons. The highest BCUT2D eigenvalue weighted by Crippen LogP contribution is 2.35. The minimum atomic E-state index is -1.35. The number of halogens is 3. The van der Waals surface area contributed by atoms with Crippen molar-refractivity contribution in [3.63, 3.8) is 0 Å². The molecule has 3 rings (SSSR count). The van der Waals surface area contributed by atoms with E-state index in [9.17, 15) is 19.1 Å². The van der Waals surface area contributed by atoms with Gasteiger partial charge in [0.2, 0.25) is 0 Å². The van der Waals surface area contributed by atoms with E-state index < -0.39 is 23.7 Å². The number of amides is 1. The topological polar surface area (TPSA) is 66.8 Å². The number of carbonyl (C=O) groups excluding carboxylic acids is 1. The Morgan fingerprint density at radius 2 is 1.92 bits per heavy atom. The second-order valence-electron chi connectivity index (χ2n) is 5.47. The number of ether oxygens (including phenoxy) is 1. The van der Waals surface area contributed by atoms with Crippen LogP contribution in [0.2, 0.25) is 10.0 Å². The standard InChI is InChI=1S/C17H12Cl2FNO4/c18-10-3-4-14-12(5-10)16(17(23)24)21(15(22)8-25-14)7-9-1-2-11(19)6-13(9)20/h1-6,16H,7-8H2,(H,23,24). The highest BCUT2D eigenvalue weighted by molar-refractivity contribution is 6.31. The van der Waals surface area contributed by atoms with Gasteiger partial charge in [-0.2, -0.15) is 0 Å². The highest BCUT2D eigenvalue weighted by atomic mass is 35.5. The van der Waals surface area contributed by atoms with E-state index in [1.54, 1.807) is 0 Å². The largest absolute Gasteiger partial charge is 0.483 e. The molecule has 1 N–H and O–H groups in total. The van der Waals surface area contributed by atoms with Gasteiger partial charge in [-0.25, -0.2) is 9.18 Å². The fourth-order valence-corrected chi connectivity index (χ4v) is 3.02. The maximum atomic E-state index is 14.1. The third kappa shape index (κ3) is 3.55. The van der Waals surface area contributed by atoms with E-state index in [2.05, 4.69) is 0 Å². The van der Waals surface area contributed by atoms with Gasteiger partial charge in [-0.15, -0.1) is 0 Å². The molecule has 1 amide bonds. The molecule has 2 aromatic carbocycles. The number of aliphatic carboxylic acids is 1. The van der Waals surface area contributed by atoms with E-state index in [4.69, 9.17) is 27.9 Å². The van der Waals surface area contributed by atoms with Gasteiger partial charge < -0.3 is 14.7 Å². The molecule has 5 nitrogen and oxygen atoms in total. The van der Waals surface area contributed by atoms with Crippen LogP contribution < -0.4 is 4.74 Å². The van der Waals surface area contributed by atoms with Crippen molar-refractivity contribution in [2.24, 2.45) is 0 Å². The fraction of sp³-hybridized carbons (Fsp3) is 0.176. The van der Waals surface area contributed by atoms with Crippen molar-refractivity contribution in [1.29, 1.82) is 0 Å². The van der Waals surface area contributed by atoms with Crippen molar-refractivity contribution in [1.82, 2.24) is 4.90 Å². The molecular formula is C17H12Cl2FNO4. The second-order valence-corrected chi connectivity index (χ2v) is 6.34. The zero-order valence-corrected chi connectivity index (χ0v) is 14.2. The zero-order chi connectivity index (χ0) is 18.1. The Morgan fingerprint density at radius 1 is 1.24 bits per heavy atom. The van der Waals surface area contributed by atoms with E-state index in [0.717, 1.165) is 11.0 Å². The van der Waals surface area contributed by atoms with Crippen LogP contribution in [-0.4, -0.2) is 28.5 Å². The molecule has 0 saturated carbocycles. The molecule has 0 fully saturated rings. The van der Waals surface area contributed by atoms with Crippen LogP contribution in [0, 0.1) is 5.82 Å². The summed E-state index contributed by atoms with van der Waals surface area (Å²) in [6.07, 6.45) is 0. The average Bonchev–Trinajstić information content (AvgIpc) is 2.67. The SMILES string of the molecule is O=C(O)C1c2cc(Cl)ccc2OCC(=O)N1Cc1ccc(Cl)cc1F. The van der Waals surface area contributed by atoms with E-state index in [1.165, 1.54) is 30.3 Å². The zero-order valence-electron chi connectivity index (χ0n) is 12.7. The van der Waals surface area contributed by atoms with Crippen molar-refractivity contribution in [2.75, 3.05) is 6.61 Å². The van der Waals surface area contributed by atoms with Crippen LogP contribution in [0.5, 0.6) is 5.75 Å². The third-order valence-electron chi connectivity index (χ3n) is 3.84. The molecule has 1 aliphatic heterocycles. The number of hydrogen-bond donors (Lipinski definition) is 1. The smallest absolute Gasteiger partial charge is 0.331 e. The lowest BCUT2D eigenvalue weighted by Crippen LogP contribution is -2.39. The van der Waals surface area contributed by atoms with Crippen LogP contribution in [0.25, 0.3) is 0 Å². The van der Waals surface area contributed by atoms with Crippen LogP contribution in [0.4, 0.5) is 4.39 Å². The van der Waals surface area contributed by atoms with Gasteiger partial charge in [0.1, 0.15) is 11.6 Å². The van der Waals surface area contributed by atoms with Gasteiger partial charge in [0.05, 0.1) is 0 Å². The molecular weight excluding hydrogens is 372 g/mol. The summed E-state index contributed by atoms with van der Waals surface area (Å²) in [7, 11) is 0. The summed E-state index contributed by atoms with van der Waals surface area (Å²) >= 11 is 11.7. The fourth-order valence-electron chi connectivity index (χ4n) is 2.68. The summed E-state index contributed by atoms with van der Waals surface area (Å²) in [5.74, 6) is -2.21. The number of hydrogen-bond acceptors (Lipinski definition) is 3. The Balaban J connectivity index is 2.06. The summed E-state index contributed by atoms with van der Waals surface area (Å²) in [5, 5.41) is 10.2. The van der Waals surface area contributed by atoms with Gasteiger partial charge in [0.25, 0.3) is 5.91 Å². The Hall–Kier alpha value is -2.31. The normalized spacial score (nSPS) is 16.8. The van der Waals surface area contributed by atoms with Crippen LogP contribution in [0.1, 0.15) is 17.2 Å². The maximum Gasteiger partial charge on any atom is 0.331 e. The van der Waals surface area contributed by atoms with Gasteiger partial charge in [0.15, 0.2) is 12.6 Å². The predicted molar refractivity (Wildman–Crippen MR) is 89.3 cm³/mol. The predicted octanol–water partition coefficient (Wildman–Crippen LogP) is 3.68. The van der Waals surface area contributed by atoms with Gasteiger partial charge in [-0.05, 0) is 30.3 Å². The first kappa shape index (κ1) is 17.5. The monoisotopic (exact) mass is 383 g/mol. The van der Waals surface area contributed by atoms with E-state index in [0.29, 0.717) is 5.02 Å². The molecule has 1 atom stereocenters. The molecule has 1 heterocycles. The minimum absolute atomic E-state index is 0.148. The number of rotatable bonds is 3. The Labute approximate surface area is 152 Å². The van der Waals surface area contributed by atoms with E-state index in [1.807, 2.05) is 0 Å². The molecule has 0 aromatic heterocycles. The highest BCUT2D eigenvalue weighted by Gasteiger charge is 2.36. The lowest BCUT2D eigenvalue weighted by atomic mass is 10.0. The van der Waals surface area contributed by atoms with Crippen LogP contribution in [0.15, 0.2) is 36.4 Å². The number of fused-ring (bicyclic) bond motifs is 1. The van der Waals surface area contributed by atoms with Crippen molar-refractivity contribution >= 4 is 35.1 Å².